The first kappa shape index (κ1) is 17.6. The van der Waals surface area contributed by atoms with Gasteiger partial charge >= 0.3 is 0 Å². The molecule has 5 saturated carbocycles. The number of hydrogen-bond acceptors (Lipinski definition) is 2. The van der Waals surface area contributed by atoms with Crippen LogP contribution in [0.1, 0.15) is 77.6 Å². The second-order valence-corrected chi connectivity index (χ2v) is 10.0. The summed E-state index contributed by atoms with van der Waals surface area (Å²) in [7, 11) is 0. The molecular formula is C20H33N3OS. The van der Waals surface area contributed by atoms with Crippen molar-refractivity contribution in [2.24, 2.45) is 29.1 Å². The Morgan fingerprint density at radius 2 is 1.60 bits per heavy atom. The lowest BCUT2D eigenvalue weighted by Gasteiger charge is -2.56. The molecule has 0 aromatic heterocycles. The van der Waals surface area contributed by atoms with E-state index in [9.17, 15) is 4.79 Å². The maximum absolute atomic E-state index is 12.5. The van der Waals surface area contributed by atoms with Crippen molar-refractivity contribution in [2.45, 2.75) is 83.6 Å². The van der Waals surface area contributed by atoms with Crippen LogP contribution in [0.2, 0.25) is 0 Å². The molecule has 4 nitrogen and oxygen atoms in total. The Labute approximate surface area is 157 Å². The Kier molecular flexibility index (Phi) is 4.96. The molecule has 4 bridgehead atoms. The van der Waals surface area contributed by atoms with Gasteiger partial charge in [0.25, 0.3) is 0 Å². The Balaban J connectivity index is 1.23. The van der Waals surface area contributed by atoms with Crippen molar-refractivity contribution in [3.63, 3.8) is 0 Å². The van der Waals surface area contributed by atoms with Crippen molar-refractivity contribution in [1.29, 1.82) is 0 Å². The maximum atomic E-state index is 12.5. The number of carbonyl (C=O) groups is 1. The molecule has 5 aliphatic carbocycles. The number of thiocarbonyl (C=S) groups is 1. The second-order valence-electron chi connectivity index (χ2n) is 9.61. The molecule has 0 radical (unpaired) electrons. The van der Waals surface area contributed by atoms with Gasteiger partial charge in [0.2, 0.25) is 5.91 Å². The highest BCUT2D eigenvalue weighted by Crippen LogP contribution is 2.61. The van der Waals surface area contributed by atoms with E-state index in [1.165, 1.54) is 64.2 Å². The summed E-state index contributed by atoms with van der Waals surface area (Å²) < 4.78 is 0. The minimum absolute atomic E-state index is 0.114. The zero-order valence-corrected chi connectivity index (χ0v) is 16.3. The largest absolute Gasteiger partial charge is 0.358 e. The molecule has 0 heterocycles. The molecule has 5 fully saturated rings. The van der Waals surface area contributed by atoms with Gasteiger partial charge in [-0.1, -0.05) is 19.8 Å². The van der Waals surface area contributed by atoms with Crippen LogP contribution in [0.25, 0.3) is 0 Å². The third-order valence-corrected chi connectivity index (χ3v) is 7.66. The van der Waals surface area contributed by atoms with Crippen LogP contribution < -0.4 is 16.2 Å². The van der Waals surface area contributed by atoms with Crippen LogP contribution in [0.3, 0.4) is 0 Å². The summed E-state index contributed by atoms with van der Waals surface area (Å²) in [4.78, 5) is 12.5. The van der Waals surface area contributed by atoms with Crippen LogP contribution in [-0.4, -0.2) is 17.1 Å². The van der Waals surface area contributed by atoms with E-state index in [2.05, 4.69) is 23.1 Å². The third-order valence-electron chi connectivity index (χ3n) is 7.44. The smallest absolute Gasteiger partial charge is 0.238 e. The highest BCUT2D eigenvalue weighted by atomic mass is 32.1. The Hall–Kier alpha value is -0.840. The highest BCUT2D eigenvalue weighted by molar-refractivity contribution is 7.80. The van der Waals surface area contributed by atoms with Crippen LogP contribution in [0.5, 0.6) is 0 Å². The lowest BCUT2D eigenvalue weighted by atomic mass is 9.49. The zero-order chi connectivity index (χ0) is 17.4. The molecule has 140 valence electrons. The average Bonchev–Trinajstić information content (AvgIpc) is 2.53. The number of amides is 1. The molecule has 1 amide bonds. The number of hydrogen-bond donors (Lipinski definition) is 3. The first-order valence-corrected chi connectivity index (χ1v) is 10.8. The summed E-state index contributed by atoms with van der Waals surface area (Å²) in [5.41, 5.74) is 6.11. The normalized spacial score (nSPS) is 42.0. The summed E-state index contributed by atoms with van der Waals surface area (Å²) in [5.74, 6) is 3.44. The fraction of sp³-hybridized carbons (Fsp3) is 0.900. The summed E-state index contributed by atoms with van der Waals surface area (Å²) >= 11 is 5.39. The van der Waals surface area contributed by atoms with Crippen LogP contribution >= 0.6 is 12.2 Å². The molecule has 0 aliphatic heterocycles. The number of rotatable bonds is 3. The Bertz CT molecular complexity index is 500. The van der Waals surface area contributed by atoms with Gasteiger partial charge in [-0.3, -0.25) is 15.6 Å². The van der Waals surface area contributed by atoms with Gasteiger partial charge in [-0.05, 0) is 92.7 Å². The van der Waals surface area contributed by atoms with Gasteiger partial charge in [0.1, 0.15) is 0 Å². The predicted molar refractivity (Wildman–Crippen MR) is 104 cm³/mol. The van der Waals surface area contributed by atoms with Crippen molar-refractivity contribution >= 4 is 23.2 Å². The quantitative estimate of drug-likeness (QED) is 0.529. The van der Waals surface area contributed by atoms with E-state index < -0.39 is 0 Å². The van der Waals surface area contributed by atoms with Crippen molar-refractivity contribution in [3.05, 3.63) is 0 Å². The molecule has 25 heavy (non-hydrogen) atoms. The second kappa shape index (κ2) is 7.05. The summed E-state index contributed by atoms with van der Waals surface area (Å²) in [6.45, 7) is 2.28. The zero-order valence-electron chi connectivity index (χ0n) is 15.5. The molecule has 0 unspecified atom stereocenters. The minimum atomic E-state index is 0.114. The average molecular weight is 364 g/mol. The predicted octanol–water partition coefficient (Wildman–Crippen LogP) is 3.67. The molecule has 5 aliphatic rings. The van der Waals surface area contributed by atoms with Gasteiger partial charge in [0.15, 0.2) is 5.11 Å². The van der Waals surface area contributed by atoms with E-state index in [1.807, 2.05) is 0 Å². The summed E-state index contributed by atoms with van der Waals surface area (Å²) in [5, 5.41) is 3.96. The molecule has 0 spiro atoms. The molecule has 0 aromatic rings. The van der Waals surface area contributed by atoms with Crippen molar-refractivity contribution in [1.82, 2.24) is 16.2 Å². The van der Waals surface area contributed by atoms with E-state index in [0.29, 0.717) is 23.5 Å². The van der Waals surface area contributed by atoms with Crippen LogP contribution in [0.4, 0.5) is 0 Å². The maximum Gasteiger partial charge on any atom is 0.238 e. The number of carbonyl (C=O) groups excluding carboxylic acids is 1. The third kappa shape index (κ3) is 3.96. The topological polar surface area (TPSA) is 53.2 Å². The van der Waals surface area contributed by atoms with Gasteiger partial charge in [-0.25, -0.2) is 0 Å². The molecule has 0 aromatic carbocycles. The molecule has 0 saturated heterocycles. The monoisotopic (exact) mass is 363 g/mol. The number of nitrogens with one attached hydrogen (secondary N) is 3. The summed E-state index contributed by atoms with van der Waals surface area (Å²) in [6.07, 6.45) is 13.8. The summed E-state index contributed by atoms with van der Waals surface area (Å²) in [6, 6.07) is 0.439. The number of hydrazine groups is 1. The lowest BCUT2D eigenvalue weighted by molar-refractivity contribution is -0.130. The first-order valence-electron chi connectivity index (χ1n) is 10.4. The fourth-order valence-corrected chi connectivity index (χ4v) is 6.96. The molecule has 2 atom stereocenters. The van der Waals surface area contributed by atoms with Crippen LogP contribution in [-0.2, 0) is 4.79 Å². The molecule has 5 rings (SSSR count). The van der Waals surface area contributed by atoms with Crippen LogP contribution in [0, 0.1) is 29.1 Å². The molecule has 5 heteroatoms. The van der Waals surface area contributed by atoms with Crippen molar-refractivity contribution in [3.8, 4) is 0 Å². The van der Waals surface area contributed by atoms with Gasteiger partial charge in [-0.2, -0.15) is 0 Å². The van der Waals surface area contributed by atoms with E-state index in [0.717, 1.165) is 17.8 Å². The minimum Gasteiger partial charge on any atom is -0.358 e. The van der Waals surface area contributed by atoms with Crippen LogP contribution in [0.15, 0.2) is 0 Å². The van der Waals surface area contributed by atoms with Gasteiger partial charge in [0, 0.05) is 12.5 Å². The van der Waals surface area contributed by atoms with Gasteiger partial charge in [0.05, 0.1) is 0 Å². The first-order chi connectivity index (χ1) is 12.0. The highest BCUT2D eigenvalue weighted by Gasteiger charge is 2.51. The molecule has 3 N–H and O–H groups in total. The van der Waals surface area contributed by atoms with Gasteiger partial charge in [-0.15, -0.1) is 0 Å². The van der Waals surface area contributed by atoms with E-state index in [1.54, 1.807) is 0 Å². The van der Waals surface area contributed by atoms with Crippen molar-refractivity contribution in [2.75, 3.05) is 0 Å². The Morgan fingerprint density at radius 3 is 2.20 bits per heavy atom. The van der Waals surface area contributed by atoms with E-state index in [-0.39, 0.29) is 11.3 Å². The van der Waals surface area contributed by atoms with E-state index in [4.69, 9.17) is 12.2 Å². The SMILES string of the molecule is C[C@@H]1CCCC[C@H]1NC(=S)NNC(=O)CC12CC3CC(CC(C3)C1)C2. The Morgan fingerprint density at radius 1 is 1.00 bits per heavy atom. The molecular weight excluding hydrogens is 330 g/mol. The standard InChI is InChI=1S/C20H33N3OS/c1-13-4-2-3-5-17(13)21-19(25)23-22-18(24)12-20-9-14-6-15(10-20)8-16(7-14)11-20/h13-17H,2-12H2,1H3,(H,22,24)(H2,21,23,25)/t13-,14?,15?,16?,17-,20?/m1/s1. The lowest BCUT2D eigenvalue weighted by Crippen LogP contribution is -2.53. The van der Waals surface area contributed by atoms with Gasteiger partial charge < -0.3 is 5.32 Å². The van der Waals surface area contributed by atoms with E-state index >= 15 is 0 Å². The fourth-order valence-electron chi connectivity index (χ4n) is 6.75. The van der Waals surface area contributed by atoms with Crippen molar-refractivity contribution < 1.29 is 4.79 Å².